The van der Waals surface area contributed by atoms with Gasteiger partial charge in [0.1, 0.15) is 0 Å². The van der Waals surface area contributed by atoms with Crippen molar-refractivity contribution in [2.24, 2.45) is 5.92 Å². The van der Waals surface area contributed by atoms with Gasteiger partial charge in [-0.2, -0.15) is 0 Å². The molecule has 0 atom stereocenters. The highest BCUT2D eigenvalue weighted by Gasteiger charge is 2.29. The van der Waals surface area contributed by atoms with Crippen molar-refractivity contribution in [3.63, 3.8) is 0 Å². The maximum absolute atomic E-state index is 3.79. The first-order valence-corrected chi connectivity index (χ1v) is 8.94. The molecule has 3 heteroatoms. The van der Waals surface area contributed by atoms with Crippen LogP contribution in [0.5, 0.6) is 0 Å². The average molecular weight is 279 g/mol. The number of hydrogen-bond donors (Lipinski definition) is 1. The van der Waals surface area contributed by atoms with Gasteiger partial charge < -0.3 is 15.1 Å². The van der Waals surface area contributed by atoms with E-state index < -0.39 is 0 Å². The van der Waals surface area contributed by atoms with Gasteiger partial charge in [0.2, 0.25) is 0 Å². The van der Waals surface area contributed by atoms with E-state index in [1.807, 2.05) is 0 Å². The third-order valence-electron chi connectivity index (χ3n) is 5.67. The highest BCUT2D eigenvalue weighted by molar-refractivity contribution is 4.87. The van der Waals surface area contributed by atoms with Crippen LogP contribution in [0, 0.1) is 5.92 Å². The summed E-state index contributed by atoms with van der Waals surface area (Å²) in [7, 11) is 0. The number of piperidine rings is 2. The van der Waals surface area contributed by atoms with Crippen LogP contribution in [0.15, 0.2) is 0 Å². The molecule has 0 spiro atoms. The molecular formula is C17H33N3. The molecule has 0 aromatic heterocycles. The molecule has 3 nitrogen and oxygen atoms in total. The van der Waals surface area contributed by atoms with Gasteiger partial charge in [0.15, 0.2) is 0 Å². The molecule has 0 amide bonds. The normalized spacial score (nSPS) is 28.4. The van der Waals surface area contributed by atoms with Crippen molar-refractivity contribution in [1.29, 1.82) is 0 Å². The summed E-state index contributed by atoms with van der Waals surface area (Å²) in [4.78, 5) is 5.42. The van der Waals surface area contributed by atoms with Crippen LogP contribution in [0.1, 0.15) is 52.4 Å². The van der Waals surface area contributed by atoms with Gasteiger partial charge in [-0.25, -0.2) is 0 Å². The van der Waals surface area contributed by atoms with E-state index in [1.165, 1.54) is 71.2 Å². The van der Waals surface area contributed by atoms with Crippen LogP contribution < -0.4 is 5.32 Å². The molecule has 2 saturated heterocycles. The zero-order valence-corrected chi connectivity index (χ0v) is 13.5. The lowest BCUT2D eigenvalue weighted by molar-refractivity contribution is 0.0723. The molecule has 0 aromatic rings. The zero-order chi connectivity index (χ0) is 13.9. The maximum Gasteiger partial charge on any atom is 0.0120 e. The van der Waals surface area contributed by atoms with Gasteiger partial charge in [0.25, 0.3) is 0 Å². The first-order chi connectivity index (χ1) is 9.72. The predicted octanol–water partition coefficient (Wildman–Crippen LogP) is 2.32. The number of hydrogen-bond acceptors (Lipinski definition) is 3. The Labute approximate surface area is 125 Å². The lowest BCUT2D eigenvalue weighted by Gasteiger charge is -2.43. The zero-order valence-electron chi connectivity index (χ0n) is 13.5. The summed E-state index contributed by atoms with van der Waals surface area (Å²) in [5.41, 5.74) is 0. The summed E-state index contributed by atoms with van der Waals surface area (Å²) in [5, 5.41) is 3.79. The van der Waals surface area contributed by atoms with E-state index in [4.69, 9.17) is 0 Å². The fourth-order valence-electron chi connectivity index (χ4n) is 3.89. The molecular weight excluding hydrogens is 246 g/mol. The fourth-order valence-corrected chi connectivity index (χ4v) is 3.89. The van der Waals surface area contributed by atoms with E-state index in [9.17, 15) is 0 Å². The molecule has 3 rings (SSSR count). The highest BCUT2D eigenvalue weighted by atomic mass is 15.2. The Hall–Kier alpha value is -0.120. The molecule has 2 aliphatic heterocycles. The number of rotatable bonds is 5. The Balaban J connectivity index is 1.35. The van der Waals surface area contributed by atoms with Crippen molar-refractivity contribution in [2.75, 3.05) is 32.7 Å². The standard InChI is InChI=1S/C17H33N3/c1-14(2)19-11-7-17(8-12-19)20-9-5-16(6-10-20)18-13-15-3-4-15/h14-18H,3-13H2,1-2H3. The Bertz CT molecular complexity index is 285. The van der Waals surface area contributed by atoms with Crippen LogP contribution in [-0.4, -0.2) is 60.6 Å². The van der Waals surface area contributed by atoms with E-state index in [0.717, 1.165) is 24.0 Å². The van der Waals surface area contributed by atoms with Gasteiger partial charge in [-0.3, -0.25) is 0 Å². The average Bonchev–Trinajstić information content (AvgIpc) is 3.30. The van der Waals surface area contributed by atoms with Crippen molar-refractivity contribution in [3.8, 4) is 0 Å². The van der Waals surface area contributed by atoms with Crippen molar-refractivity contribution in [2.45, 2.75) is 70.5 Å². The van der Waals surface area contributed by atoms with Crippen molar-refractivity contribution in [1.82, 2.24) is 15.1 Å². The summed E-state index contributed by atoms with van der Waals surface area (Å²) < 4.78 is 0. The second-order valence-corrected chi connectivity index (χ2v) is 7.52. The van der Waals surface area contributed by atoms with Gasteiger partial charge in [0.05, 0.1) is 0 Å². The second-order valence-electron chi connectivity index (χ2n) is 7.52. The maximum atomic E-state index is 3.79. The predicted molar refractivity (Wildman–Crippen MR) is 85.1 cm³/mol. The minimum Gasteiger partial charge on any atom is -0.314 e. The van der Waals surface area contributed by atoms with E-state index >= 15 is 0 Å². The molecule has 0 aromatic carbocycles. The van der Waals surface area contributed by atoms with Gasteiger partial charge >= 0.3 is 0 Å². The molecule has 0 bridgehead atoms. The summed E-state index contributed by atoms with van der Waals surface area (Å²) in [6.45, 7) is 11.2. The van der Waals surface area contributed by atoms with Crippen LogP contribution in [0.2, 0.25) is 0 Å². The minimum atomic E-state index is 0.730. The van der Waals surface area contributed by atoms with Gasteiger partial charge in [-0.1, -0.05) is 0 Å². The molecule has 3 aliphatic rings. The van der Waals surface area contributed by atoms with Crippen LogP contribution in [0.4, 0.5) is 0 Å². The van der Waals surface area contributed by atoms with E-state index in [1.54, 1.807) is 0 Å². The molecule has 20 heavy (non-hydrogen) atoms. The van der Waals surface area contributed by atoms with Gasteiger partial charge in [-0.15, -0.1) is 0 Å². The lowest BCUT2D eigenvalue weighted by Crippen LogP contribution is -2.51. The number of likely N-dealkylation sites (tertiary alicyclic amines) is 2. The quantitative estimate of drug-likeness (QED) is 0.833. The molecule has 3 fully saturated rings. The Morgan fingerprint density at radius 2 is 1.55 bits per heavy atom. The van der Waals surface area contributed by atoms with Crippen LogP contribution >= 0.6 is 0 Å². The van der Waals surface area contributed by atoms with E-state index in [0.29, 0.717) is 0 Å². The highest BCUT2D eigenvalue weighted by Crippen LogP contribution is 2.28. The van der Waals surface area contributed by atoms with Crippen LogP contribution in [0.3, 0.4) is 0 Å². The minimum absolute atomic E-state index is 0.730. The summed E-state index contributed by atoms with van der Waals surface area (Å²) in [5.74, 6) is 1.02. The first-order valence-electron chi connectivity index (χ1n) is 8.94. The summed E-state index contributed by atoms with van der Waals surface area (Å²) in [6.07, 6.45) is 8.46. The first kappa shape index (κ1) is 14.8. The van der Waals surface area contributed by atoms with Gasteiger partial charge in [-0.05, 0) is 91.0 Å². The van der Waals surface area contributed by atoms with Crippen LogP contribution in [-0.2, 0) is 0 Å². The second kappa shape index (κ2) is 6.76. The van der Waals surface area contributed by atoms with Crippen molar-refractivity contribution < 1.29 is 0 Å². The molecule has 0 unspecified atom stereocenters. The fraction of sp³-hybridized carbons (Fsp3) is 1.00. The third-order valence-corrected chi connectivity index (χ3v) is 5.67. The van der Waals surface area contributed by atoms with Gasteiger partial charge in [0, 0.05) is 18.1 Å². The van der Waals surface area contributed by atoms with Crippen LogP contribution in [0.25, 0.3) is 0 Å². The largest absolute Gasteiger partial charge is 0.314 e. The van der Waals surface area contributed by atoms with Crippen molar-refractivity contribution >= 4 is 0 Å². The number of nitrogens with zero attached hydrogens (tertiary/aromatic N) is 2. The lowest BCUT2D eigenvalue weighted by atomic mass is 9.97. The Kier molecular flexibility index (Phi) is 5.00. The topological polar surface area (TPSA) is 18.5 Å². The Morgan fingerprint density at radius 1 is 0.900 bits per heavy atom. The van der Waals surface area contributed by atoms with E-state index in [-0.39, 0.29) is 0 Å². The number of nitrogens with one attached hydrogen (secondary N) is 1. The molecule has 116 valence electrons. The SMILES string of the molecule is CC(C)N1CCC(N2CCC(NCC3CC3)CC2)CC1. The Morgan fingerprint density at radius 3 is 2.10 bits per heavy atom. The monoisotopic (exact) mass is 279 g/mol. The summed E-state index contributed by atoms with van der Waals surface area (Å²) in [6, 6.07) is 2.41. The van der Waals surface area contributed by atoms with E-state index in [2.05, 4.69) is 29.0 Å². The van der Waals surface area contributed by atoms with Crippen molar-refractivity contribution in [3.05, 3.63) is 0 Å². The molecule has 2 heterocycles. The smallest absolute Gasteiger partial charge is 0.0120 e. The summed E-state index contributed by atoms with van der Waals surface area (Å²) >= 11 is 0. The third kappa shape index (κ3) is 3.96. The molecule has 1 aliphatic carbocycles. The molecule has 0 radical (unpaired) electrons. The molecule has 1 N–H and O–H groups in total. The molecule has 1 saturated carbocycles.